The van der Waals surface area contributed by atoms with Gasteiger partial charge in [0.2, 0.25) is 0 Å². The number of hydrogen-bond acceptors (Lipinski definition) is 2. The van der Waals surface area contributed by atoms with Gasteiger partial charge in [-0.3, -0.25) is 0 Å². The second-order valence-electron chi connectivity index (χ2n) is 4.72. The predicted molar refractivity (Wildman–Crippen MR) is 74.2 cm³/mol. The van der Waals surface area contributed by atoms with Crippen LogP contribution >= 0.6 is 0 Å². The van der Waals surface area contributed by atoms with E-state index in [1.165, 1.54) is 18.2 Å². The maximum absolute atomic E-state index is 13.5. The molecule has 2 rings (SSSR count). The number of aliphatic hydroxyl groups is 1. The number of benzene rings is 2. The van der Waals surface area contributed by atoms with Gasteiger partial charge in [0, 0.05) is 18.2 Å². The van der Waals surface area contributed by atoms with Crippen molar-refractivity contribution in [1.29, 1.82) is 0 Å². The molecular weight excluding hydrogens is 260 g/mol. The van der Waals surface area contributed by atoms with Gasteiger partial charge in [0.05, 0.1) is 6.10 Å². The zero-order valence-electron chi connectivity index (χ0n) is 11.2. The van der Waals surface area contributed by atoms with Gasteiger partial charge in [0.25, 0.3) is 0 Å². The van der Waals surface area contributed by atoms with Crippen LogP contribution in [-0.4, -0.2) is 11.7 Å². The first kappa shape index (κ1) is 14.6. The van der Waals surface area contributed by atoms with E-state index in [1.54, 1.807) is 30.3 Å². The van der Waals surface area contributed by atoms with Crippen molar-refractivity contribution in [3.05, 3.63) is 71.3 Å². The molecule has 0 bridgehead atoms. The Bertz CT molecular complexity index is 574. The second kappa shape index (κ2) is 6.59. The van der Waals surface area contributed by atoms with Crippen LogP contribution < -0.4 is 5.32 Å². The predicted octanol–water partition coefficient (Wildman–Crippen LogP) is 3.35. The monoisotopic (exact) mass is 277 g/mol. The summed E-state index contributed by atoms with van der Waals surface area (Å²) in [4.78, 5) is 0. The van der Waals surface area contributed by atoms with Crippen molar-refractivity contribution >= 4 is 0 Å². The van der Waals surface area contributed by atoms with E-state index < -0.39 is 11.9 Å². The average Bonchev–Trinajstić information content (AvgIpc) is 2.45. The lowest BCUT2D eigenvalue weighted by Crippen LogP contribution is -2.25. The van der Waals surface area contributed by atoms with Crippen LogP contribution in [0.2, 0.25) is 0 Å². The fourth-order valence-electron chi connectivity index (χ4n) is 2.04. The van der Waals surface area contributed by atoms with Gasteiger partial charge in [0.15, 0.2) is 0 Å². The number of aliphatic hydroxyl groups excluding tert-OH is 1. The van der Waals surface area contributed by atoms with Crippen LogP contribution in [0.5, 0.6) is 0 Å². The molecular formula is C16H17F2NO. The molecule has 0 saturated heterocycles. The number of halogens is 2. The maximum atomic E-state index is 13.5. The van der Waals surface area contributed by atoms with Crippen LogP contribution in [0.1, 0.15) is 30.2 Å². The Hall–Kier alpha value is -1.78. The van der Waals surface area contributed by atoms with E-state index in [2.05, 4.69) is 5.32 Å². The number of hydrogen-bond donors (Lipinski definition) is 2. The molecule has 0 radical (unpaired) electrons. The van der Waals surface area contributed by atoms with Crippen LogP contribution in [0.25, 0.3) is 0 Å². The molecule has 106 valence electrons. The molecule has 2 aromatic carbocycles. The zero-order valence-corrected chi connectivity index (χ0v) is 11.2. The van der Waals surface area contributed by atoms with E-state index in [0.29, 0.717) is 0 Å². The van der Waals surface area contributed by atoms with E-state index in [4.69, 9.17) is 0 Å². The summed E-state index contributed by atoms with van der Waals surface area (Å²) in [6, 6.07) is 12.2. The van der Waals surface area contributed by atoms with Crippen LogP contribution in [-0.2, 0) is 0 Å². The van der Waals surface area contributed by atoms with Crippen LogP contribution in [0, 0.1) is 11.6 Å². The summed E-state index contributed by atoms with van der Waals surface area (Å²) in [6.07, 6.45) is -0.938. The van der Waals surface area contributed by atoms with Crippen LogP contribution in [0.15, 0.2) is 48.5 Å². The van der Waals surface area contributed by atoms with Gasteiger partial charge in [-0.2, -0.15) is 0 Å². The van der Waals surface area contributed by atoms with Crippen LogP contribution in [0.3, 0.4) is 0 Å². The molecule has 0 aliphatic rings. The molecule has 2 unspecified atom stereocenters. The summed E-state index contributed by atoms with van der Waals surface area (Å²) >= 11 is 0. The van der Waals surface area contributed by atoms with Gasteiger partial charge >= 0.3 is 0 Å². The standard InChI is InChI=1S/C16H17F2NO/c1-11(12-5-4-6-13(17)9-12)19-10-16(20)14-7-2-3-8-15(14)18/h2-9,11,16,19-20H,10H2,1H3. The summed E-state index contributed by atoms with van der Waals surface area (Å²) in [5, 5.41) is 13.0. The van der Waals surface area contributed by atoms with Gasteiger partial charge in [0.1, 0.15) is 11.6 Å². The molecule has 0 fully saturated rings. The molecule has 0 aliphatic carbocycles. The summed E-state index contributed by atoms with van der Waals surface area (Å²) in [6.45, 7) is 2.06. The van der Waals surface area contributed by atoms with Crippen LogP contribution in [0.4, 0.5) is 8.78 Å². The highest BCUT2D eigenvalue weighted by Crippen LogP contribution is 2.18. The van der Waals surface area contributed by atoms with E-state index in [1.807, 2.05) is 6.92 Å². The highest BCUT2D eigenvalue weighted by Gasteiger charge is 2.14. The Morgan fingerprint density at radius 3 is 2.55 bits per heavy atom. The lowest BCUT2D eigenvalue weighted by molar-refractivity contribution is 0.166. The number of nitrogens with one attached hydrogen (secondary N) is 1. The molecule has 0 spiro atoms. The van der Waals surface area contributed by atoms with Gasteiger partial charge in [-0.25, -0.2) is 8.78 Å². The molecule has 0 heterocycles. The summed E-state index contributed by atoms with van der Waals surface area (Å²) in [5.41, 5.74) is 1.04. The molecule has 0 aromatic heterocycles. The summed E-state index contributed by atoms with van der Waals surface area (Å²) < 4.78 is 26.6. The van der Waals surface area contributed by atoms with Gasteiger partial charge in [-0.05, 0) is 30.7 Å². The van der Waals surface area contributed by atoms with Crippen molar-refractivity contribution < 1.29 is 13.9 Å². The average molecular weight is 277 g/mol. The Kier molecular flexibility index (Phi) is 4.82. The molecule has 2 atom stereocenters. The minimum absolute atomic E-state index is 0.132. The molecule has 0 amide bonds. The Morgan fingerprint density at radius 2 is 1.85 bits per heavy atom. The lowest BCUT2D eigenvalue weighted by atomic mass is 10.1. The van der Waals surface area contributed by atoms with Crippen molar-refractivity contribution in [2.45, 2.75) is 19.1 Å². The molecule has 2 nitrogen and oxygen atoms in total. The smallest absolute Gasteiger partial charge is 0.129 e. The highest BCUT2D eigenvalue weighted by atomic mass is 19.1. The third kappa shape index (κ3) is 3.62. The van der Waals surface area contributed by atoms with E-state index in [9.17, 15) is 13.9 Å². The first-order valence-electron chi connectivity index (χ1n) is 6.49. The van der Waals surface area contributed by atoms with Crippen molar-refractivity contribution in [3.8, 4) is 0 Å². The maximum Gasteiger partial charge on any atom is 0.129 e. The Labute approximate surface area is 117 Å². The van der Waals surface area contributed by atoms with Crippen molar-refractivity contribution in [3.63, 3.8) is 0 Å². The first-order chi connectivity index (χ1) is 9.58. The van der Waals surface area contributed by atoms with Crippen molar-refractivity contribution in [2.75, 3.05) is 6.54 Å². The van der Waals surface area contributed by atoms with E-state index in [-0.39, 0.29) is 24.0 Å². The largest absolute Gasteiger partial charge is 0.387 e. The van der Waals surface area contributed by atoms with Gasteiger partial charge in [-0.15, -0.1) is 0 Å². The lowest BCUT2D eigenvalue weighted by Gasteiger charge is -2.18. The third-order valence-corrected chi connectivity index (χ3v) is 3.23. The third-order valence-electron chi connectivity index (χ3n) is 3.23. The number of rotatable bonds is 5. The van der Waals surface area contributed by atoms with E-state index >= 15 is 0 Å². The quantitative estimate of drug-likeness (QED) is 0.878. The van der Waals surface area contributed by atoms with Gasteiger partial charge < -0.3 is 10.4 Å². The highest BCUT2D eigenvalue weighted by molar-refractivity contribution is 5.21. The molecule has 0 saturated carbocycles. The molecule has 2 aromatic rings. The summed E-state index contributed by atoms with van der Waals surface area (Å²) in [7, 11) is 0. The molecule has 4 heteroatoms. The SMILES string of the molecule is CC(NCC(O)c1ccccc1F)c1cccc(F)c1. The molecule has 2 N–H and O–H groups in total. The van der Waals surface area contributed by atoms with Crippen molar-refractivity contribution in [2.24, 2.45) is 0 Å². The summed E-state index contributed by atoms with van der Waals surface area (Å²) in [5.74, 6) is -0.731. The zero-order chi connectivity index (χ0) is 14.5. The molecule has 20 heavy (non-hydrogen) atoms. The topological polar surface area (TPSA) is 32.3 Å². The van der Waals surface area contributed by atoms with Crippen molar-refractivity contribution in [1.82, 2.24) is 5.32 Å². The normalized spacial score (nSPS) is 14.0. The Balaban J connectivity index is 1.97. The second-order valence-corrected chi connectivity index (χ2v) is 4.72. The fraction of sp³-hybridized carbons (Fsp3) is 0.250. The fourth-order valence-corrected chi connectivity index (χ4v) is 2.04. The van der Waals surface area contributed by atoms with Gasteiger partial charge in [-0.1, -0.05) is 30.3 Å². The minimum atomic E-state index is -0.938. The first-order valence-corrected chi connectivity index (χ1v) is 6.49. The minimum Gasteiger partial charge on any atom is -0.387 e. The van der Waals surface area contributed by atoms with E-state index in [0.717, 1.165) is 5.56 Å². The Morgan fingerprint density at radius 1 is 1.10 bits per heavy atom. The molecule has 0 aliphatic heterocycles.